The van der Waals surface area contributed by atoms with Gasteiger partial charge in [0.2, 0.25) is 10.0 Å². The number of nitrogens with zero attached hydrogens (tertiary/aromatic N) is 2. The molecule has 0 radical (unpaired) electrons. The van der Waals surface area contributed by atoms with Crippen LogP contribution >= 0.6 is 0 Å². The summed E-state index contributed by atoms with van der Waals surface area (Å²) >= 11 is 0. The summed E-state index contributed by atoms with van der Waals surface area (Å²) in [6, 6.07) is 7.73. The van der Waals surface area contributed by atoms with E-state index in [9.17, 15) is 8.42 Å². The molecule has 1 aromatic heterocycles. The lowest BCUT2D eigenvalue weighted by molar-refractivity contribution is 0.569. The van der Waals surface area contributed by atoms with Crippen molar-refractivity contribution in [2.45, 2.75) is 19.9 Å². The third-order valence-corrected chi connectivity index (χ3v) is 5.30. The molecule has 2 atom stereocenters. The lowest BCUT2D eigenvalue weighted by Gasteiger charge is -2.07. The molecule has 20 heavy (non-hydrogen) atoms. The summed E-state index contributed by atoms with van der Waals surface area (Å²) in [5.41, 5.74) is 1.86. The van der Waals surface area contributed by atoms with E-state index in [1.54, 1.807) is 6.33 Å². The van der Waals surface area contributed by atoms with Gasteiger partial charge >= 0.3 is 0 Å². The molecule has 0 spiro atoms. The second kappa shape index (κ2) is 5.18. The zero-order chi connectivity index (χ0) is 14.2. The Kier molecular flexibility index (Phi) is 3.52. The van der Waals surface area contributed by atoms with Crippen molar-refractivity contribution in [1.82, 2.24) is 14.3 Å². The van der Waals surface area contributed by atoms with Crippen LogP contribution in [0.3, 0.4) is 0 Å². The molecule has 1 N–H and O–H groups in total. The summed E-state index contributed by atoms with van der Waals surface area (Å²) in [6.45, 7) is 3.15. The summed E-state index contributed by atoms with van der Waals surface area (Å²) < 4.78 is 28.5. The first-order valence-corrected chi connectivity index (χ1v) is 8.57. The summed E-state index contributed by atoms with van der Waals surface area (Å²) in [5, 5.41) is 0. The molecule has 108 valence electrons. The van der Waals surface area contributed by atoms with E-state index in [2.05, 4.69) is 16.6 Å². The normalized spacial score (nSPS) is 22.2. The lowest BCUT2D eigenvalue weighted by atomic mass is 10.3. The molecule has 1 aliphatic carbocycles. The van der Waals surface area contributed by atoms with E-state index in [1.807, 2.05) is 28.8 Å². The van der Waals surface area contributed by atoms with E-state index < -0.39 is 10.0 Å². The molecule has 1 heterocycles. The van der Waals surface area contributed by atoms with E-state index >= 15 is 0 Å². The topological polar surface area (TPSA) is 64.0 Å². The van der Waals surface area contributed by atoms with Crippen molar-refractivity contribution in [2.75, 3.05) is 12.3 Å². The third kappa shape index (κ3) is 3.02. The molecule has 6 heteroatoms. The van der Waals surface area contributed by atoms with Crippen molar-refractivity contribution in [3.05, 3.63) is 30.6 Å². The first-order valence-electron chi connectivity index (χ1n) is 6.92. The summed E-state index contributed by atoms with van der Waals surface area (Å²) in [7, 11) is -3.20. The van der Waals surface area contributed by atoms with Crippen molar-refractivity contribution in [1.29, 1.82) is 0 Å². The molecule has 5 nitrogen and oxygen atoms in total. The SMILES string of the molecule is C[C@H]1C[C@@H]1CNS(=O)(=O)CCn1cnc2ccccc21. The largest absolute Gasteiger partial charge is 0.330 e. The maximum Gasteiger partial charge on any atom is 0.213 e. The van der Waals surface area contributed by atoms with Gasteiger partial charge in [-0.3, -0.25) is 0 Å². The van der Waals surface area contributed by atoms with Crippen LogP contribution in [0.5, 0.6) is 0 Å². The smallest absolute Gasteiger partial charge is 0.213 e. The van der Waals surface area contributed by atoms with Crippen molar-refractivity contribution in [3.63, 3.8) is 0 Å². The van der Waals surface area contributed by atoms with Gasteiger partial charge in [0.05, 0.1) is 23.1 Å². The highest BCUT2D eigenvalue weighted by atomic mass is 32.2. The third-order valence-electron chi connectivity index (χ3n) is 3.97. The number of fused-ring (bicyclic) bond motifs is 1. The quantitative estimate of drug-likeness (QED) is 0.880. The van der Waals surface area contributed by atoms with Gasteiger partial charge in [-0.25, -0.2) is 18.1 Å². The maximum atomic E-state index is 12.0. The summed E-state index contributed by atoms with van der Waals surface area (Å²) in [5.74, 6) is 1.28. The van der Waals surface area contributed by atoms with Crippen molar-refractivity contribution in [2.24, 2.45) is 11.8 Å². The Labute approximate surface area is 119 Å². The molecule has 0 bridgehead atoms. The number of nitrogens with one attached hydrogen (secondary N) is 1. The average molecular weight is 293 g/mol. The molecule has 0 aliphatic heterocycles. The van der Waals surface area contributed by atoms with Gasteiger partial charge in [0.15, 0.2) is 0 Å². The van der Waals surface area contributed by atoms with Crippen LogP contribution in [0.2, 0.25) is 0 Å². The molecule has 2 aromatic rings. The monoisotopic (exact) mass is 293 g/mol. The van der Waals surface area contributed by atoms with Crippen LogP contribution in [0, 0.1) is 11.8 Å². The Morgan fingerprint density at radius 2 is 2.15 bits per heavy atom. The highest BCUT2D eigenvalue weighted by Gasteiger charge is 2.33. The average Bonchev–Trinajstić information content (AvgIpc) is 2.98. The summed E-state index contributed by atoms with van der Waals surface area (Å²) in [6.07, 6.45) is 2.83. The molecular weight excluding hydrogens is 274 g/mol. The van der Waals surface area contributed by atoms with Crippen molar-refractivity contribution >= 4 is 21.1 Å². The number of imidazole rings is 1. The van der Waals surface area contributed by atoms with Crippen molar-refractivity contribution in [3.8, 4) is 0 Å². The molecular formula is C14H19N3O2S. The number of benzene rings is 1. The first kappa shape index (κ1) is 13.6. The predicted octanol–water partition coefficient (Wildman–Crippen LogP) is 1.61. The fourth-order valence-corrected chi connectivity index (χ4v) is 3.45. The van der Waals surface area contributed by atoms with E-state index in [0.29, 0.717) is 24.9 Å². The second-order valence-electron chi connectivity index (χ2n) is 5.57. The van der Waals surface area contributed by atoms with Crippen LogP contribution in [0.4, 0.5) is 0 Å². The Balaban J connectivity index is 1.60. The van der Waals surface area contributed by atoms with Crippen molar-refractivity contribution < 1.29 is 8.42 Å². The zero-order valence-electron chi connectivity index (χ0n) is 11.5. The van der Waals surface area contributed by atoms with E-state index in [1.165, 1.54) is 0 Å². The summed E-state index contributed by atoms with van der Waals surface area (Å²) in [4.78, 5) is 4.26. The number of aromatic nitrogens is 2. The van der Waals surface area contributed by atoms with E-state index in [-0.39, 0.29) is 5.75 Å². The van der Waals surface area contributed by atoms with Gasteiger partial charge < -0.3 is 4.57 Å². The zero-order valence-corrected chi connectivity index (χ0v) is 12.3. The molecule has 1 aliphatic rings. The number of hydrogen-bond acceptors (Lipinski definition) is 3. The van der Waals surface area contributed by atoms with Crippen LogP contribution < -0.4 is 4.72 Å². The fourth-order valence-electron chi connectivity index (χ4n) is 2.40. The van der Waals surface area contributed by atoms with Gasteiger partial charge in [0.1, 0.15) is 0 Å². The Morgan fingerprint density at radius 1 is 1.40 bits per heavy atom. The maximum absolute atomic E-state index is 12.0. The van der Waals surface area contributed by atoms with Gasteiger partial charge in [0.25, 0.3) is 0 Å². The highest BCUT2D eigenvalue weighted by Crippen LogP contribution is 2.36. The molecule has 0 amide bonds. The number of aryl methyl sites for hydroxylation is 1. The minimum Gasteiger partial charge on any atom is -0.330 e. The Bertz CT molecular complexity index is 708. The van der Waals surface area contributed by atoms with Crippen LogP contribution in [-0.2, 0) is 16.6 Å². The minimum absolute atomic E-state index is 0.0917. The van der Waals surface area contributed by atoms with Crippen LogP contribution in [0.25, 0.3) is 11.0 Å². The first-order chi connectivity index (χ1) is 9.55. The number of sulfonamides is 1. The molecule has 1 saturated carbocycles. The highest BCUT2D eigenvalue weighted by molar-refractivity contribution is 7.89. The van der Waals surface area contributed by atoms with Gasteiger partial charge in [-0.15, -0.1) is 0 Å². The molecule has 0 saturated heterocycles. The Hall–Kier alpha value is -1.40. The van der Waals surface area contributed by atoms with Crippen LogP contribution in [-0.4, -0.2) is 30.3 Å². The predicted molar refractivity (Wildman–Crippen MR) is 78.8 cm³/mol. The van der Waals surface area contributed by atoms with Gasteiger partial charge in [0, 0.05) is 13.1 Å². The Morgan fingerprint density at radius 3 is 2.90 bits per heavy atom. The molecule has 1 fully saturated rings. The molecule has 1 aromatic carbocycles. The standard InChI is InChI=1S/C14H19N3O2S/c1-11-8-12(11)9-16-20(18,19)7-6-17-10-15-13-4-2-3-5-14(13)17/h2-5,10-12,16H,6-9H2,1H3/t11-,12+/m0/s1. The second-order valence-corrected chi connectivity index (χ2v) is 7.49. The molecule has 0 unspecified atom stereocenters. The number of rotatable bonds is 6. The van der Waals surface area contributed by atoms with Gasteiger partial charge in [-0.2, -0.15) is 0 Å². The molecule has 3 rings (SSSR count). The van der Waals surface area contributed by atoms with Crippen LogP contribution in [0.1, 0.15) is 13.3 Å². The van der Waals surface area contributed by atoms with Gasteiger partial charge in [-0.1, -0.05) is 19.1 Å². The van der Waals surface area contributed by atoms with Gasteiger partial charge in [-0.05, 0) is 30.4 Å². The van der Waals surface area contributed by atoms with Crippen LogP contribution in [0.15, 0.2) is 30.6 Å². The lowest BCUT2D eigenvalue weighted by Crippen LogP contribution is -2.30. The van der Waals surface area contributed by atoms with E-state index in [4.69, 9.17) is 0 Å². The minimum atomic E-state index is -3.20. The fraction of sp³-hybridized carbons (Fsp3) is 0.500. The van der Waals surface area contributed by atoms with E-state index in [0.717, 1.165) is 17.5 Å². The number of para-hydroxylation sites is 2. The number of hydrogen-bond donors (Lipinski definition) is 1.